The van der Waals surface area contributed by atoms with E-state index in [9.17, 15) is 0 Å². The monoisotopic (exact) mass is 266 g/mol. The van der Waals surface area contributed by atoms with E-state index in [2.05, 4.69) is 0 Å². The summed E-state index contributed by atoms with van der Waals surface area (Å²) in [6.45, 7) is 0. The summed E-state index contributed by atoms with van der Waals surface area (Å²) in [6.07, 6.45) is 0. The number of hydrogen-bond donors (Lipinski definition) is 0. The minimum Gasteiger partial charge on any atom is -0.412 e. The van der Waals surface area contributed by atoms with Crippen LogP contribution in [-0.4, -0.2) is 38.3 Å². The molecule has 0 saturated heterocycles. The summed E-state index contributed by atoms with van der Waals surface area (Å²) in [5.74, 6) is 0. The van der Waals surface area contributed by atoms with Gasteiger partial charge in [-0.05, 0) is 0 Å². The first kappa shape index (κ1) is 496. The van der Waals surface area contributed by atoms with Crippen LogP contribution in [0.4, 0.5) is 0 Å². The van der Waals surface area contributed by atoms with Crippen LogP contribution in [0, 0.1) is 41.7 Å². The van der Waals surface area contributed by atoms with Gasteiger partial charge in [-0.1, -0.05) is 0 Å². The first-order valence-corrected chi connectivity index (χ1v) is 0. The van der Waals surface area contributed by atoms with Crippen LogP contribution in [0.3, 0.4) is 0 Å². The van der Waals surface area contributed by atoms with Crippen LogP contribution in [0.5, 0.6) is 0 Å². The van der Waals surface area contributed by atoms with Gasteiger partial charge < -0.3 is 38.3 Å². The Bertz CT molecular complexity index is 4.35. The molecule has 0 rings (SSSR count). The molecule has 0 heterocycles. The maximum atomic E-state index is 0. The Hall–Kier alpha value is 1.10. The van der Waals surface area contributed by atoms with Crippen molar-refractivity contribution >= 4 is 0 Å². The summed E-state index contributed by atoms with van der Waals surface area (Å²) in [4.78, 5) is 0. The van der Waals surface area contributed by atoms with E-state index < -0.39 is 0 Å². The fraction of sp³-hybridized carbons (Fsp3) is 0. The van der Waals surface area contributed by atoms with Crippen molar-refractivity contribution in [1.29, 1.82) is 0 Å². The molecule has 0 aliphatic rings. The van der Waals surface area contributed by atoms with Crippen molar-refractivity contribution in [2.75, 3.05) is 0 Å². The van der Waals surface area contributed by atoms with Gasteiger partial charge in [0, 0.05) is 41.7 Å². The van der Waals surface area contributed by atoms with Gasteiger partial charge in [-0.25, -0.2) is 0 Å². The van der Waals surface area contributed by atoms with Crippen LogP contribution in [0.25, 0.3) is 0 Å². The molecule has 0 amide bonds. The van der Waals surface area contributed by atoms with E-state index in [-0.39, 0.29) is 80.1 Å². The third kappa shape index (κ3) is 219. The fourth-order valence-electron chi connectivity index (χ4n) is 0. The third-order valence-corrected chi connectivity index (χ3v) is 0. The van der Waals surface area contributed by atoms with E-state index >= 15 is 0 Å². The smallest absolute Gasteiger partial charge is 0 e. The van der Waals surface area contributed by atoms with Gasteiger partial charge in [-0.3, -0.25) is 0 Å². The molecular formula is H14CeO7. The zero-order valence-corrected chi connectivity index (χ0v) is 7.14. The van der Waals surface area contributed by atoms with E-state index in [1.807, 2.05) is 0 Å². The van der Waals surface area contributed by atoms with Crippen molar-refractivity contribution in [2.24, 2.45) is 0 Å². The Balaban J connectivity index is 0. The second-order valence-electron chi connectivity index (χ2n) is 0. The van der Waals surface area contributed by atoms with Crippen LogP contribution in [0.15, 0.2) is 0 Å². The molecule has 0 fully saturated rings. The number of hydrogen-bond acceptors (Lipinski definition) is 0. The summed E-state index contributed by atoms with van der Waals surface area (Å²) in [6, 6.07) is 0. The minimum atomic E-state index is 0. The first-order chi connectivity index (χ1) is 0. The standard InChI is InChI=1S/Ce.7H2O/h;7*1H2. The van der Waals surface area contributed by atoms with E-state index in [0.29, 0.717) is 0 Å². The van der Waals surface area contributed by atoms with Gasteiger partial charge in [0.25, 0.3) is 0 Å². The molecule has 0 spiro atoms. The Morgan fingerprint density at radius 3 is 0.250 bits per heavy atom. The molecular weight excluding hydrogens is 252 g/mol. The largest absolute Gasteiger partial charge is 0.412 e. The first-order valence-electron chi connectivity index (χ1n) is 0. The van der Waals surface area contributed by atoms with E-state index in [4.69, 9.17) is 0 Å². The zero-order valence-electron chi connectivity index (χ0n) is 4.00. The molecule has 8 heteroatoms. The van der Waals surface area contributed by atoms with Gasteiger partial charge in [0.05, 0.1) is 0 Å². The molecule has 0 aromatic rings. The SMILES string of the molecule is O.O.O.O.O.O.O.[Ce]. The van der Waals surface area contributed by atoms with Gasteiger partial charge in [-0.15, -0.1) is 0 Å². The Kier molecular flexibility index (Phi) is 21000. The topological polar surface area (TPSA) is 220 Å². The van der Waals surface area contributed by atoms with Gasteiger partial charge in [0.15, 0.2) is 0 Å². The van der Waals surface area contributed by atoms with Crippen molar-refractivity contribution in [1.82, 2.24) is 0 Å². The molecule has 8 heavy (non-hydrogen) atoms. The van der Waals surface area contributed by atoms with Gasteiger partial charge >= 0.3 is 0 Å². The predicted octanol–water partition coefficient (Wildman–Crippen LogP) is -5.77. The summed E-state index contributed by atoms with van der Waals surface area (Å²) in [5.41, 5.74) is 0. The molecule has 0 saturated carbocycles. The normalized spacial score (nSPS) is 0. The van der Waals surface area contributed by atoms with Crippen molar-refractivity contribution in [3.63, 3.8) is 0 Å². The predicted molar refractivity (Wildman–Crippen MR) is 25.3 cm³/mol. The Labute approximate surface area is 79.6 Å². The van der Waals surface area contributed by atoms with Crippen molar-refractivity contribution in [3.8, 4) is 0 Å². The molecule has 0 aromatic heterocycles. The minimum absolute atomic E-state index is 0. The van der Waals surface area contributed by atoms with Crippen molar-refractivity contribution in [3.05, 3.63) is 0 Å². The molecule has 0 aliphatic heterocycles. The summed E-state index contributed by atoms with van der Waals surface area (Å²) >= 11 is 0. The molecule has 7 nitrogen and oxygen atoms in total. The molecule has 0 aromatic carbocycles. The van der Waals surface area contributed by atoms with Gasteiger partial charge in [0.2, 0.25) is 0 Å². The molecule has 0 aliphatic carbocycles. The van der Waals surface area contributed by atoms with Crippen LogP contribution in [0.2, 0.25) is 0 Å². The quantitative estimate of drug-likeness (QED) is 0.399. The Morgan fingerprint density at radius 2 is 0.250 bits per heavy atom. The van der Waals surface area contributed by atoms with E-state index in [1.165, 1.54) is 0 Å². The number of rotatable bonds is 0. The van der Waals surface area contributed by atoms with Crippen LogP contribution in [0.1, 0.15) is 0 Å². The van der Waals surface area contributed by atoms with E-state index in [0.717, 1.165) is 0 Å². The average Bonchev–Trinajstić information content (AvgIpc) is 0. The molecule has 0 radical (unpaired) electrons. The van der Waals surface area contributed by atoms with Crippen LogP contribution < -0.4 is 0 Å². The van der Waals surface area contributed by atoms with Crippen molar-refractivity contribution < 1.29 is 80.1 Å². The molecule has 0 unspecified atom stereocenters. The summed E-state index contributed by atoms with van der Waals surface area (Å²) < 4.78 is 0. The van der Waals surface area contributed by atoms with Gasteiger partial charge in [-0.2, -0.15) is 0 Å². The zero-order chi connectivity index (χ0) is 0. The maximum absolute atomic E-state index is 0. The summed E-state index contributed by atoms with van der Waals surface area (Å²) in [7, 11) is 0. The van der Waals surface area contributed by atoms with Crippen LogP contribution in [-0.2, 0) is 0 Å². The summed E-state index contributed by atoms with van der Waals surface area (Å²) in [5, 5.41) is 0. The third-order valence-electron chi connectivity index (χ3n) is 0. The second kappa shape index (κ2) is 339. The Morgan fingerprint density at radius 1 is 0.250 bits per heavy atom. The molecule has 0 bridgehead atoms. The van der Waals surface area contributed by atoms with Crippen molar-refractivity contribution in [2.45, 2.75) is 0 Å². The van der Waals surface area contributed by atoms with Gasteiger partial charge in [0.1, 0.15) is 0 Å². The maximum Gasteiger partial charge on any atom is 0 e. The second-order valence-corrected chi connectivity index (χ2v) is 0. The average molecular weight is 266 g/mol. The molecule has 60 valence electrons. The van der Waals surface area contributed by atoms with Crippen LogP contribution >= 0.6 is 0 Å². The molecule has 0 atom stereocenters. The molecule has 14 N–H and O–H groups in total. The fourth-order valence-corrected chi connectivity index (χ4v) is 0. The van der Waals surface area contributed by atoms with E-state index in [1.54, 1.807) is 0 Å².